The second-order valence-corrected chi connectivity index (χ2v) is 4.65. The molecule has 1 aliphatic carbocycles. The molecule has 108 valence electrons. The molecule has 0 spiro atoms. The van der Waals surface area contributed by atoms with E-state index in [2.05, 4.69) is 9.98 Å². The van der Waals surface area contributed by atoms with E-state index in [-0.39, 0.29) is 17.8 Å². The summed E-state index contributed by atoms with van der Waals surface area (Å²) >= 11 is 0. The van der Waals surface area contributed by atoms with Gasteiger partial charge in [0.1, 0.15) is 11.5 Å². The lowest BCUT2D eigenvalue weighted by atomic mass is 10.0. The summed E-state index contributed by atoms with van der Waals surface area (Å²) in [4.78, 5) is 31.5. The maximum atomic E-state index is 12.1. The molecule has 0 bridgehead atoms. The number of hydrogen-bond acceptors (Lipinski definition) is 4. The average Bonchev–Trinajstić information content (AvgIpc) is 2.51. The molecule has 1 aromatic carbocycles. The maximum absolute atomic E-state index is 12.1. The minimum absolute atomic E-state index is 0.0409. The second kappa shape index (κ2) is 6.13. The van der Waals surface area contributed by atoms with Gasteiger partial charge in [-0.1, -0.05) is 18.2 Å². The number of carbonyl (C=O) groups is 2. The lowest BCUT2D eigenvalue weighted by Gasteiger charge is -2.16. The third kappa shape index (κ3) is 2.98. The van der Waals surface area contributed by atoms with Crippen molar-refractivity contribution in [2.45, 2.75) is 6.42 Å². The summed E-state index contributed by atoms with van der Waals surface area (Å²) < 4.78 is 5.82. The van der Waals surface area contributed by atoms with Crippen LogP contribution in [0.15, 0.2) is 63.9 Å². The van der Waals surface area contributed by atoms with Crippen molar-refractivity contribution < 1.29 is 14.3 Å². The van der Waals surface area contributed by atoms with Crippen LogP contribution in [0.3, 0.4) is 0 Å². The van der Waals surface area contributed by atoms with Gasteiger partial charge in [-0.3, -0.25) is 14.6 Å². The Bertz CT molecular complexity index is 783. The molecule has 0 saturated carbocycles. The molecule has 5 heteroatoms. The zero-order chi connectivity index (χ0) is 15.4. The van der Waals surface area contributed by atoms with Crippen LogP contribution in [0.5, 0.6) is 5.75 Å². The van der Waals surface area contributed by atoms with Crippen LogP contribution in [0, 0.1) is 0 Å². The highest BCUT2D eigenvalue weighted by Gasteiger charge is 2.21. The highest BCUT2D eigenvalue weighted by Crippen LogP contribution is 2.27. The van der Waals surface area contributed by atoms with E-state index in [1.165, 1.54) is 24.6 Å². The molecule has 22 heavy (non-hydrogen) atoms. The molecule has 0 N–H and O–H groups in total. The van der Waals surface area contributed by atoms with Crippen molar-refractivity contribution in [1.29, 1.82) is 0 Å². The minimum Gasteiger partial charge on any atom is -0.460 e. The normalized spacial score (nSPS) is 18.9. The van der Waals surface area contributed by atoms with Crippen LogP contribution in [0.1, 0.15) is 12.0 Å². The number of hydrogen-bond donors (Lipinski definition) is 0. The second-order valence-electron chi connectivity index (χ2n) is 4.65. The van der Waals surface area contributed by atoms with Crippen molar-refractivity contribution in [2.75, 3.05) is 0 Å². The van der Waals surface area contributed by atoms with E-state index in [9.17, 15) is 9.59 Å². The molecular formula is C17H12N2O3. The van der Waals surface area contributed by atoms with Gasteiger partial charge in [0.15, 0.2) is 5.78 Å². The number of para-hydroxylation sites is 1. The number of benzene rings is 1. The average molecular weight is 292 g/mol. The van der Waals surface area contributed by atoms with E-state index < -0.39 is 5.91 Å². The number of ether oxygens (including phenoxy) is 1. The van der Waals surface area contributed by atoms with Gasteiger partial charge >= 0.3 is 0 Å². The van der Waals surface area contributed by atoms with E-state index in [0.717, 1.165) is 5.56 Å². The highest BCUT2D eigenvalue weighted by atomic mass is 16.5. The predicted molar refractivity (Wildman–Crippen MR) is 83.9 cm³/mol. The third-order valence-electron chi connectivity index (χ3n) is 3.14. The SMILES string of the molecule is O=C1C=CC2=C(C1)Oc1ccccc1/C=C\N=CC=NC2=O. The summed E-state index contributed by atoms with van der Waals surface area (Å²) in [5.41, 5.74) is 1.09. The topological polar surface area (TPSA) is 68.1 Å². The number of rotatable bonds is 0. The summed E-state index contributed by atoms with van der Waals surface area (Å²) in [7, 11) is 0. The molecule has 0 unspecified atom stereocenters. The van der Waals surface area contributed by atoms with Crippen molar-refractivity contribution in [3.8, 4) is 5.75 Å². The Morgan fingerprint density at radius 3 is 2.77 bits per heavy atom. The Balaban J connectivity index is 2.12. The van der Waals surface area contributed by atoms with Crippen LogP contribution < -0.4 is 4.74 Å². The van der Waals surface area contributed by atoms with Gasteiger partial charge in [-0.05, 0) is 24.3 Å². The van der Waals surface area contributed by atoms with E-state index >= 15 is 0 Å². The molecule has 1 aliphatic heterocycles. The Labute approximate surface area is 127 Å². The zero-order valence-corrected chi connectivity index (χ0v) is 11.6. The standard InChI is InChI=1S/C17H12N2O3/c20-13-5-6-14-16(11-13)22-15-4-2-1-3-12(15)7-8-18-9-10-19-17(14)21/h1-10H,11H2/b8-7-,18-9?,19-10?. The predicted octanol–water partition coefficient (Wildman–Crippen LogP) is 2.50. The van der Waals surface area contributed by atoms with Crippen LogP contribution in [0.25, 0.3) is 6.08 Å². The zero-order valence-electron chi connectivity index (χ0n) is 11.6. The number of ketones is 1. The van der Waals surface area contributed by atoms with Crippen molar-refractivity contribution in [3.05, 3.63) is 59.5 Å². The summed E-state index contributed by atoms with van der Waals surface area (Å²) in [6.45, 7) is 0. The van der Waals surface area contributed by atoms with Gasteiger partial charge in [0.05, 0.1) is 12.0 Å². The number of nitrogens with zero attached hydrogens (tertiary/aromatic N) is 2. The molecule has 0 aromatic heterocycles. The van der Waals surface area contributed by atoms with Crippen LogP contribution >= 0.6 is 0 Å². The molecule has 1 heterocycles. The van der Waals surface area contributed by atoms with E-state index in [0.29, 0.717) is 11.5 Å². The monoisotopic (exact) mass is 292 g/mol. The Morgan fingerprint density at radius 2 is 1.86 bits per heavy atom. The number of amides is 1. The molecule has 1 aromatic rings. The van der Waals surface area contributed by atoms with E-state index in [1.54, 1.807) is 18.3 Å². The third-order valence-corrected chi connectivity index (χ3v) is 3.14. The maximum Gasteiger partial charge on any atom is 0.280 e. The van der Waals surface area contributed by atoms with Gasteiger partial charge in [0.2, 0.25) is 0 Å². The van der Waals surface area contributed by atoms with Crippen LogP contribution in [0.2, 0.25) is 0 Å². The van der Waals surface area contributed by atoms with E-state index in [4.69, 9.17) is 4.74 Å². The Hall–Kier alpha value is -3.08. The van der Waals surface area contributed by atoms with Crippen molar-refractivity contribution >= 4 is 30.2 Å². The molecule has 1 amide bonds. The van der Waals surface area contributed by atoms with Crippen LogP contribution in [0.4, 0.5) is 0 Å². The largest absolute Gasteiger partial charge is 0.460 e. The van der Waals surface area contributed by atoms with Crippen LogP contribution in [-0.4, -0.2) is 24.1 Å². The van der Waals surface area contributed by atoms with E-state index in [1.807, 2.05) is 18.2 Å². The molecule has 0 atom stereocenters. The first kappa shape index (κ1) is 13.9. The number of fused-ring (bicyclic) bond motifs is 1. The van der Waals surface area contributed by atoms with Gasteiger partial charge in [-0.2, -0.15) is 0 Å². The molecule has 3 rings (SSSR count). The summed E-state index contributed by atoms with van der Waals surface area (Å²) in [6, 6.07) is 7.33. The lowest BCUT2D eigenvalue weighted by Crippen LogP contribution is -2.14. The molecule has 0 saturated heterocycles. The lowest BCUT2D eigenvalue weighted by molar-refractivity contribution is -0.114. The molecule has 0 fully saturated rings. The van der Waals surface area contributed by atoms with Gasteiger partial charge < -0.3 is 4.74 Å². The fourth-order valence-corrected chi connectivity index (χ4v) is 2.09. The smallest absolute Gasteiger partial charge is 0.280 e. The first-order valence-corrected chi connectivity index (χ1v) is 6.72. The molecule has 2 aliphatic rings. The fourth-order valence-electron chi connectivity index (χ4n) is 2.09. The molecular weight excluding hydrogens is 280 g/mol. The van der Waals surface area contributed by atoms with Crippen molar-refractivity contribution in [1.82, 2.24) is 0 Å². The summed E-state index contributed by atoms with van der Waals surface area (Å²) in [5, 5.41) is 0. The number of carbonyl (C=O) groups excluding carboxylic acids is 2. The van der Waals surface area contributed by atoms with Crippen molar-refractivity contribution in [3.63, 3.8) is 0 Å². The van der Waals surface area contributed by atoms with Crippen molar-refractivity contribution in [2.24, 2.45) is 9.98 Å². The Kier molecular flexibility index (Phi) is 3.87. The molecule has 5 nitrogen and oxygen atoms in total. The van der Waals surface area contributed by atoms with Gasteiger partial charge in [-0.25, -0.2) is 4.99 Å². The van der Waals surface area contributed by atoms with Gasteiger partial charge in [-0.15, -0.1) is 0 Å². The summed E-state index contributed by atoms with van der Waals surface area (Å²) in [6.07, 6.45) is 8.96. The van der Waals surface area contributed by atoms with Gasteiger partial charge in [0, 0.05) is 24.2 Å². The highest BCUT2D eigenvalue weighted by molar-refractivity contribution is 6.21. The fraction of sp³-hybridized carbons (Fsp3) is 0.0588. The quantitative estimate of drug-likeness (QED) is 0.737. The first-order valence-electron chi connectivity index (χ1n) is 6.72. The number of aliphatic imine (C=N–C) groups is 2. The van der Waals surface area contributed by atoms with Crippen LogP contribution in [-0.2, 0) is 9.59 Å². The Morgan fingerprint density at radius 1 is 1.00 bits per heavy atom. The number of allylic oxidation sites excluding steroid dienone is 2. The molecule has 0 radical (unpaired) electrons. The van der Waals surface area contributed by atoms with Gasteiger partial charge in [0.25, 0.3) is 5.91 Å². The first-order chi connectivity index (χ1) is 10.7. The summed E-state index contributed by atoms with van der Waals surface area (Å²) in [5.74, 6) is 0.291. The minimum atomic E-state index is -0.466.